The number of H-pyrrole nitrogens is 1. The van der Waals surface area contributed by atoms with Crippen LogP contribution in [0.2, 0.25) is 5.02 Å². The number of carbonyl (C=O) groups excluding carboxylic acids is 2. The van der Waals surface area contributed by atoms with Gasteiger partial charge in [-0.05, 0) is 37.8 Å². The molecule has 0 unspecified atom stereocenters. The van der Waals surface area contributed by atoms with Crippen molar-refractivity contribution in [3.8, 4) is 11.3 Å². The SMILES string of the molecule is O=C1CCC(=O)N1C1CCC(NCc2cn[nH]c2-c2cccc(Cl)c2)CC1. The molecule has 1 aliphatic heterocycles. The molecule has 142 valence electrons. The van der Waals surface area contributed by atoms with Crippen molar-refractivity contribution in [1.29, 1.82) is 0 Å². The minimum atomic E-state index is 0.000898. The fourth-order valence-corrected chi connectivity index (χ4v) is 4.32. The van der Waals surface area contributed by atoms with Crippen LogP contribution in [0.5, 0.6) is 0 Å². The summed E-state index contributed by atoms with van der Waals surface area (Å²) in [4.78, 5) is 25.3. The molecule has 1 aliphatic carbocycles. The lowest BCUT2D eigenvalue weighted by Gasteiger charge is -2.33. The Kier molecular flexibility index (Phi) is 5.27. The molecule has 0 bridgehead atoms. The molecule has 2 amide bonds. The molecule has 0 spiro atoms. The van der Waals surface area contributed by atoms with Crippen molar-refractivity contribution in [2.24, 2.45) is 0 Å². The molecule has 0 radical (unpaired) electrons. The molecule has 7 heteroatoms. The second-order valence-electron chi connectivity index (χ2n) is 7.32. The Labute approximate surface area is 163 Å². The normalized spacial score (nSPS) is 23.2. The van der Waals surface area contributed by atoms with Crippen molar-refractivity contribution in [3.63, 3.8) is 0 Å². The molecule has 27 heavy (non-hydrogen) atoms. The first kappa shape index (κ1) is 18.2. The summed E-state index contributed by atoms with van der Waals surface area (Å²) in [6, 6.07) is 8.19. The van der Waals surface area contributed by atoms with Gasteiger partial charge in [0.15, 0.2) is 0 Å². The van der Waals surface area contributed by atoms with Gasteiger partial charge in [-0.15, -0.1) is 0 Å². The number of imide groups is 1. The standard InChI is InChI=1S/C20H23ClN4O2/c21-15-3-1-2-13(10-15)20-14(12-23-24-20)11-22-16-4-6-17(7-5-16)25-18(26)8-9-19(25)27/h1-3,10,12,16-17,22H,4-9,11H2,(H,23,24). The summed E-state index contributed by atoms with van der Waals surface area (Å²) in [6.45, 7) is 0.718. The lowest BCUT2D eigenvalue weighted by atomic mass is 9.90. The number of halogens is 1. The molecule has 2 heterocycles. The zero-order valence-corrected chi connectivity index (χ0v) is 15.8. The number of benzene rings is 1. The van der Waals surface area contributed by atoms with E-state index in [9.17, 15) is 9.59 Å². The van der Waals surface area contributed by atoms with Crippen molar-refractivity contribution < 1.29 is 9.59 Å². The Hall–Kier alpha value is -2.18. The van der Waals surface area contributed by atoms with Gasteiger partial charge in [-0.2, -0.15) is 5.10 Å². The number of nitrogens with one attached hydrogen (secondary N) is 2. The lowest BCUT2D eigenvalue weighted by Crippen LogP contribution is -2.44. The predicted octanol–water partition coefficient (Wildman–Crippen LogP) is 3.28. The zero-order valence-electron chi connectivity index (χ0n) is 15.1. The number of likely N-dealkylation sites (tertiary alicyclic amines) is 1. The van der Waals surface area contributed by atoms with E-state index in [1.165, 1.54) is 4.90 Å². The smallest absolute Gasteiger partial charge is 0.229 e. The van der Waals surface area contributed by atoms with E-state index in [1.54, 1.807) is 0 Å². The van der Waals surface area contributed by atoms with Crippen LogP contribution >= 0.6 is 11.6 Å². The summed E-state index contributed by atoms with van der Waals surface area (Å²) in [5, 5.41) is 11.5. The molecule has 2 aromatic rings. The van der Waals surface area contributed by atoms with Gasteiger partial charge in [-0.3, -0.25) is 19.6 Å². The van der Waals surface area contributed by atoms with Gasteiger partial charge >= 0.3 is 0 Å². The Morgan fingerprint density at radius 2 is 1.89 bits per heavy atom. The van der Waals surface area contributed by atoms with Gasteiger partial charge in [-0.1, -0.05) is 23.7 Å². The number of aromatic amines is 1. The number of hydrogen-bond acceptors (Lipinski definition) is 4. The lowest BCUT2D eigenvalue weighted by molar-refractivity contribution is -0.141. The number of nitrogens with zero attached hydrogens (tertiary/aromatic N) is 2. The Morgan fingerprint density at radius 1 is 1.15 bits per heavy atom. The van der Waals surface area contributed by atoms with Crippen LogP contribution in [-0.4, -0.2) is 39.0 Å². The molecule has 2 aliphatic rings. The maximum absolute atomic E-state index is 11.9. The van der Waals surface area contributed by atoms with Crippen LogP contribution in [0.25, 0.3) is 11.3 Å². The van der Waals surface area contributed by atoms with Crippen molar-refractivity contribution in [3.05, 3.63) is 41.0 Å². The molecule has 0 atom stereocenters. The maximum Gasteiger partial charge on any atom is 0.229 e. The number of rotatable bonds is 5. The molecule has 1 aromatic heterocycles. The van der Waals surface area contributed by atoms with Gasteiger partial charge in [0.05, 0.1) is 11.9 Å². The van der Waals surface area contributed by atoms with Gasteiger partial charge in [-0.25, -0.2) is 0 Å². The highest BCUT2D eigenvalue weighted by molar-refractivity contribution is 6.30. The number of aromatic nitrogens is 2. The molecular formula is C20H23ClN4O2. The highest BCUT2D eigenvalue weighted by Gasteiger charge is 2.36. The summed E-state index contributed by atoms with van der Waals surface area (Å²) in [6.07, 6.45) is 6.28. The van der Waals surface area contributed by atoms with E-state index in [2.05, 4.69) is 15.5 Å². The van der Waals surface area contributed by atoms with Gasteiger partial charge in [0.2, 0.25) is 11.8 Å². The van der Waals surface area contributed by atoms with E-state index >= 15 is 0 Å². The third kappa shape index (κ3) is 3.92. The molecule has 1 aromatic carbocycles. The molecule has 2 N–H and O–H groups in total. The van der Waals surface area contributed by atoms with Crippen LogP contribution in [-0.2, 0) is 16.1 Å². The summed E-state index contributed by atoms with van der Waals surface area (Å²) in [5.74, 6) is 0.00180. The Balaban J connectivity index is 1.33. The minimum Gasteiger partial charge on any atom is -0.310 e. The van der Waals surface area contributed by atoms with Gasteiger partial charge < -0.3 is 5.32 Å². The first-order valence-electron chi connectivity index (χ1n) is 9.48. The number of amides is 2. The molecule has 2 fully saturated rings. The summed E-state index contributed by atoms with van der Waals surface area (Å²) in [7, 11) is 0. The minimum absolute atomic E-state index is 0.000898. The van der Waals surface area contributed by atoms with Gasteiger partial charge in [0.1, 0.15) is 0 Å². The zero-order chi connectivity index (χ0) is 18.8. The molecular weight excluding hydrogens is 364 g/mol. The monoisotopic (exact) mass is 386 g/mol. The van der Waals surface area contributed by atoms with E-state index in [0.717, 1.165) is 49.0 Å². The van der Waals surface area contributed by atoms with E-state index in [1.807, 2.05) is 30.5 Å². The second-order valence-corrected chi connectivity index (χ2v) is 7.76. The van der Waals surface area contributed by atoms with Crippen molar-refractivity contribution in [2.45, 2.75) is 57.2 Å². The third-order valence-corrected chi connectivity index (χ3v) is 5.80. The van der Waals surface area contributed by atoms with E-state index in [0.29, 0.717) is 23.9 Å². The van der Waals surface area contributed by atoms with E-state index < -0.39 is 0 Å². The van der Waals surface area contributed by atoms with Crippen LogP contribution in [0.1, 0.15) is 44.1 Å². The molecule has 1 saturated heterocycles. The molecule has 4 rings (SSSR count). The van der Waals surface area contributed by atoms with Gasteiger partial charge in [0.25, 0.3) is 0 Å². The number of carbonyl (C=O) groups is 2. The largest absolute Gasteiger partial charge is 0.310 e. The second kappa shape index (κ2) is 7.82. The fraction of sp³-hybridized carbons (Fsp3) is 0.450. The third-order valence-electron chi connectivity index (χ3n) is 5.56. The van der Waals surface area contributed by atoms with E-state index in [-0.39, 0.29) is 17.9 Å². The van der Waals surface area contributed by atoms with Crippen LogP contribution < -0.4 is 5.32 Å². The summed E-state index contributed by atoms with van der Waals surface area (Å²) in [5.41, 5.74) is 3.10. The first-order valence-corrected chi connectivity index (χ1v) is 9.86. The Morgan fingerprint density at radius 3 is 2.59 bits per heavy atom. The topological polar surface area (TPSA) is 78.1 Å². The van der Waals surface area contributed by atoms with Gasteiger partial charge in [0, 0.05) is 47.6 Å². The quantitative estimate of drug-likeness (QED) is 0.773. The van der Waals surface area contributed by atoms with Crippen molar-refractivity contribution in [2.75, 3.05) is 0 Å². The summed E-state index contributed by atoms with van der Waals surface area (Å²) >= 11 is 6.10. The van der Waals surface area contributed by atoms with Crippen molar-refractivity contribution in [1.82, 2.24) is 20.4 Å². The van der Waals surface area contributed by atoms with Crippen molar-refractivity contribution >= 4 is 23.4 Å². The predicted molar refractivity (Wildman–Crippen MR) is 103 cm³/mol. The van der Waals surface area contributed by atoms with Crippen LogP contribution in [0.4, 0.5) is 0 Å². The number of hydrogen-bond donors (Lipinski definition) is 2. The van der Waals surface area contributed by atoms with E-state index in [4.69, 9.17) is 11.6 Å². The molecule has 1 saturated carbocycles. The average molecular weight is 387 g/mol. The van der Waals surface area contributed by atoms with Crippen LogP contribution in [0.15, 0.2) is 30.5 Å². The molecule has 6 nitrogen and oxygen atoms in total. The highest BCUT2D eigenvalue weighted by atomic mass is 35.5. The summed E-state index contributed by atoms with van der Waals surface area (Å²) < 4.78 is 0. The first-order chi connectivity index (χ1) is 13.1. The fourth-order valence-electron chi connectivity index (χ4n) is 4.13. The Bertz CT molecular complexity index is 826. The van der Waals surface area contributed by atoms with Crippen LogP contribution in [0, 0.1) is 0 Å². The average Bonchev–Trinajstić information content (AvgIpc) is 3.27. The maximum atomic E-state index is 11.9. The van der Waals surface area contributed by atoms with Crippen LogP contribution in [0.3, 0.4) is 0 Å². The highest BCUT2D eigenvalue weighted by Crippen LogP contribution is 2.28.